The van der Waals surface area contributed by atoms with Gasteiger partial charge in [0.1, 0.15) is 11.7 Å². The van der Waals surface area contributed by atoms with E-state index in [2.05, 4.69) is 26.2 Å². The second kappa shape index (κ2) is 6.04. The quantitative estimate of drug-likeness (QED) is 0.696. The summed E-state index contributed by atoms with van der Waals surface area (Å²) in [5.41, 5.74) is 3.28. The minimum atomic E-state index is -0.564. The molecule has 1 aromatic heterocycles. The Morgan fingerprint density at radius 2 is 2.04 bits per heavy atom. The smallest absolute Gasteiger partial charge is 0.268 e. The summed E-state index contributed by atoms with van der Waals surface area (Å²) >= 11 is 3.42. The molecule has 126 valence electrons. The summed E-state index contributed by atoms with van der Waals surface area (Å²) in [6.45, 7) is 0. The molecule has 0 aliphatic carbocycles. The monoisotopic (exact) mass is 397 g/mol. The third-order valence-electron chi connectivity index (χ3n) is 4.54. The first-order valence-corrected chi connectivity index (χ1v) is 8.77. The van der Waals surface area contributed by atoms with Crippen LogP contribution in [-0.4, -0.2) is 29.9 Å². The Morgan fingerprint density at radius 3 is 2.88 bits per heavy atom. The van der Waals surface area contributed by atoms with Crippen LogP contribution in [0.1, 0.15) is 16.1 Å². The highest BCUT2D eigenvalue weighted by atomic mass is 79.9. The highest BCUT2D eigenvalue weighted by Gasteiger charge is 2.31. The lowest BCUT2D eigenvalue weighted by atomic mass is 9.97. The summed E-state index contributed by atoms with van der Waals surface area (Å²) in [7, 11) is 1.74. The van der Waals surface area contributed by atoms with Gasteiger partial charge < -0.3 is 15.2 Å². The Labute approximate surface area is 153 Å². The summed E-state index contributed by atoms with van der Waals surface area (Å²) in [5.74, 6) is -0.385. The number of nitrogens with one attached hydrogen (secondary N) is 2. The standard InChI is InChI=1S/C19H16BrN3O2/c1-23-17-5-3-2-4-11(17)9-16(19(23)25)22-18(24)15-10-12-8-13(20)6-7-14(12)21-15/h2-8,10,16,21H,9H2,1H3,(H,22,24). The Balaban J connectivity index is 1.59. The third-order valence-corrected chi connectivity index (χ3v) is 5.03. The number of H-pyrrole nitrogens is 1. The van der Waals surface area contributed by atoms with Crippen LogP contribution in [0.15, 0.2) is 53.0 Å². The van der Waals surface area contributed by atoms with Crippen molar-refractivity contribution in [3.8, 4) is 0 Å². The zero-order chi connectivity index (χ0) is 17.6. The molecule has 0 spiro atoms. The lowest BCUT2D eigenvalue weighted by Crippen LogP contribution is -2.51. The van der Waals surface area contributed by atoms with Crippen molar-refractivity contribution < 1.29 is 9.59 Å². The number of carbonyl (C=O) groups excluding carboxylic acids is 2. The fourth-order valence-electron chi connectivity index (χ4n) is 3.24. The first-order chi connectivity index (χ1) is 12.0. The number of aromatic nitrogens is 1. The van der Waals surface area contributed by atoms with E-state index in [4.69, 9.17) is 0 Å². The summed E-state index contributed by atoms with van der Waals surface area (Å²) in [6.07, 6.45) is 0.497. The van der Waals surface area contributed by atoms with Crippen molar-refractivity contribution in [1.82, 2.24) is 10.3 Å². The van der Waals surface area contributed by atoms with Crippen molar-refractivity contribution in [2.45, 2.75) is 12.5 Å². The van der Waals surface area contributed by atoms with Crippen molar-refractivity contribution in [3.63, 3.8) is 0 Å². The third kappa shape index (κ3) is 2.82. The van der Waals surface area contributed by atoms with Crippen molar-refractivity contribution in [1.29, 1.82) is 0 Å². The van der Waals surface area contributed by atoms with E-state index in [1.165, 1.54) is 0 Å². The molecule has 0 saturated heterocycles. The summed E-state index contributed by atoms with van der Waals surface area (Å²) in [5, 5.41) is 3.80. The number of rotatable bonds is 2. The molecule has 0 bridgehead atoms. The highest BCUT2D eigenvalue weighted by molar-refractivity contribution is 9.10. The van der Waals surface area contributed by atoms with Gasteiger partial charge in [-0.3, -0.25) is 9.59 Å². The fraction of sp³-hybridized carbons (Fsp3) is 0.158. The van der Waals surface area contributed by atoms with Gasteiger partial charge >= 0.3 is 0 Å². The molecule has 2 N–H and O–H groups in total. The molecule has 2 aromatic carbocycles. The molecule has 2 heterocycles. The van der Waals surface area contributed by atoms with E-state index in [0.29, 0.717) is 12.1 Å². The number of hydrogen-bond acceptors (Lipinski definition) is 2. The van der Waals surface area contributed by atoms with Crippen LogP contribution in [0.25, 0.3) is 10.9 Å². The van der Waals surface area contributed by atoms with Gasteiger partial charge in [-0.05, 0) is 35.9 Å². The van der Waals surface area contributed by atoms with Gasteiger partial charge in [0, 0.05) is 34.5 Å². The van der Waals surface area contributed by atoms with Gasteiger partial charge in [-0.15, -0.1) is 0 Å². The van der Waals surface area contributed by atoms with Crippen molar-refractivity contribution >= 4 is 44.3 Å². The van der Waals surface area contributed by atoms with Crippen LogP contribution in [0, 0.1) is 0 Å². The van der Waals surface area contributed by atoms with Gasteiger partial charge in [0.2, 0.25) is 5.91 Å². The molecule has 1 unspecified atom stereocenters. The van der Waals surface area contributed by atoms with E-state index in [0.717, 1.165) is 26.6 Å². The van der Waals surface area contributed by atoms with Crippen LogP contribution < -0.4 is 10.2 Å². The van der Waals surface area contributed by atoms with E-state index in [9.17, 15) is 9.59 Å². The normalized spacial score (nSPS) is 16.8. The average Bonchev–Trinajstić information content (AvgIpc) is 3.02. The molecule has 5 nitrogen and oxygen atoms in total. The number of nitrogens with zero attached hydrogens (tertiary/aromatic N) is 1. The predicted molar refractivity (Wildman–Crippen MR) is 101 cm³/mol. The number of benzene rings is 2. The molecule has 25 heavy (non-hydrogen) atoms. The maximum absolute atomic E-state index is 12.6. The Hall–Kier alpha value is -2.60. The highest BCUT2D eigenvalue weighted by Crippen LogP contribution is 2.26. The number of hydrogen-bond donors (Lipinski definition) is 2. The van der Waals surface area contributed by atoms with Crippen LogP contribution in [0.3, 0.4) is 0 Å². The van der Waals surface area contributed by atoms with E-state index < -0.39 is 6.04 Å². The zero-order valence-corrected chi connectivity index (χ0v) is 15.1. The first kappa shape index (κ1) is 15.9. The lowest BCUT2D eigenvalue weighted by Gasteiger charge is -2.31. The Bertz CT molecular complexity index is 995. The summed E-state index contributed by atoms with van der Waals surface area (Å²) < 4.78 is 0.951. The van der Waals surface area contributed by atoms with Crippen LogP contribution in [0.5, 0.6) is 0 Å². The lowest BCUT2D eigenvalue weighted by molar-refractivity contribution is -0.120. The minimum absolute atomic E-state index is 0.106. The van der Waals surface area contributed by atoms with Crippen molar-refractivity contribution in [2.24, 2.45) is 0 Å². The van der Waals surface area contributed by atoms with E-state index in [-0.39, 0.29) is 11.8 Å². The molecule has 0 fully saturated rings. The second-order valence-electron chi connectivity index (χ2n) is 6.17. The number of amides is 2. The summed E-state index contributed by atoms with van der Waals surface area (Å²) in [6, 6.07) is 14.7. The van der Waals surface area contributed by atoms with Gasteiger partial charge in [0.15, 0.2) is 0 Å². The molecule has 0 radical (unpaired) electrons. The molecular weight excluding hydrogens is 382 g/mol. The molecule has 1 aliphatic rings. The maximum Gasteiger partial charge on any atom is 0.268 e. The number of carbonyl (C=O) groups is 2. The molecule has 1 aliphatic heterocycles. The first-order valence-electron chi connectivity index (χ1n) is 7.97. The molecule has 6 heteroatoms. The number of aromatic amines is 1. The van der Waals surface area contributed by atoms with Crippen LogP contribution in [0.4, 0.5) is 5.69 Å². The maximum atomic E-state index is 12.6. The van der Waals surface area contributed by atoms with Crippen molar-refractivity contribution in [3.05, 3.63) is 64.3 Å². The minimum Gasteiger partial charge on any atom is -0.351 e. The van der Waals surface area contributed by atoms with Crippen LogP contribution >= 0.6 is 15.9 Å². The van der Waals surface area contributed by atoms with Crippen LogP contribution in [0.2, 0.25) is 0 Å². The van der Waals surface area contributed by atoms with E-state index in [1.807, 2.05) is 42.5 Å². The average molecular weight is 398 g/mol. The SMILES string of the molecule is CN1C(=O)C(NC(=O)c2cc3cc(Br)ccc3[nH]2)Cc2ccccc21. The van der Waals surface area contributed by atoms with Crippen molar-refractivity contribution in [2.75, 3.05) is 11.9 Å². The van der Waals surface area contributed by atoms with Crippen LogP contribution in [-0.2, 0) is 11.2 Å². The molecule has 3 aromatic rings. The topological polar surface area (TPSA) is 65.2 Å². The number of likely N-dealkylation sites (N-methyl/N-ethyl adjacent to an activating group) is 1. The van der Waals surface area contributed by atoms with Gasteiger partial charge in [0.25, 0.3) is 5.91 Å². The Kier molecular flexibility index (Phi) is 3.84. The van der Waals surface area contributed by atoms with E-state index >= 15 is 0 Å². The van der Waals surface area contributed by atoms with Gasteiger partial charge in [0.05, 0.1) is 0 Å². The molecular formula is C19H16BrN3O2. The molecule has 2 amide bonds. The Morgan fingerprint density at radius 1 is 1.24 bits per heavy atom. The van der Waals surface area contributed by atoms with Gasteiger partial charge in [-0.1, -0.05) is 34.1 Å². The predicted octanol–water partition coefficient (Wildman–Crippen LogP) is 3.25. The number of fused-ring (bicyclic) bond motifs is 2. The molecule has 4 rings (SSSR count). The number of halogens is 1. The van der Waals surface area contributed by atoms with Gasteiger partial charge in [-0.2, -0.15) is 0 Å². The van der Waals surface area contributed by atoms with Gasteiger partial charge in [-0.25, -0.2) is 0 Å². The molecule has 0 saturated carbocycles. The summed E-state index contributed by atoms with van der Waals surface area (Å²) in [4.78, 5) is 29.9. The number of anilines is 1. The number of para-hydroxylation sites is 1. The largest absolute Gasteiger partial charge is 0.351 e. The van der Waals surface area contributed by atoms with E-state index in [1.54, 1.807) is 18.0 Å². The fourth-order valence-corrected chi connectivity index (χ4v) is 3.62. The second-order valence-corrected chi connectivity index (χ2v) is 7.09. The zero-order valence-electron chi connectivity index (χ0n) is 13.5. The molecule has 1 atom stereocenters.